The molecule has 2 aromatic carbocycles. The maximum atomic E-state index is 6.08. The van der Waals surface area contributed by atoms with Crippen molar-refractivity contribution in [3.05, 3.63) is 64.3 Å². The van der Waals surface area contributed by atoms with Crippen molar-refractivity contribution >= 4 is 22.5 Å². The second kappa shape index (κ2) is 5.22. The van der Waals surface area contributed by atoms with Gasteiger partial charge in [0, 0.05) is 22.1 Å². The Hall–Kier alpha value is -1.93. The van der Waals surface area contributed by atoms with Gasteiger partial charge in [0.1, 0.15) is 5.75 Å². The van der Waals surface area contributed by atoms with Crippen LogP contribution >= 0.6 is 11.6 Å². The van der Waals surface area contributed by atoms with Gasteiger partial charge < -0.3 is 9.72 Å². The van der Waals surface area contributed by atoms with Crippen LogP contribution in [0.3, 0.4) is 0 Å². The predicted octanol–water partition coefficient (Wildman–Crippen LogP) is 4.73. The smallest absolute Gasteiger partial charge is 0.121 e. The minimum Gasteiger partial charge on any atom is -0.496 e. The van der Waals surface area contributed by atoms with Gasteiger partial charge in [0.05, 0.1) is 7.11 Å². The van der Waals surface area contributed by atoms with E-state index in [1.54, 1.807) is 7.11 Å². The highest BCUT2D eigenvalue weighted by molar-refractivity contribution is 6.31. The number of halogens is 1. The summed E-state index contributed by atoms with van der Waals surface area (Å²) in [5.41, 5.74) is 4.80. The van der Waals surface area contributed by atoms with Crippen LogP contribution in [0.2, 0.25) is 5.02 Å². The lowest BCUT2D eigenvalue weighted by Gasteiger charge is -2.07. The molecule has 0 aliphatic heterocycles. The molecule has 0 aliphatic carbocycles. The Kier molecular flexibility index (Phi) is 3.41. The van der Waals surface area contributed by atoms with Crippen molar-refractivity contribution < 1.29 is 4.74 Å². The standard InChI is InChI=1S/C17H16ClNO/c1-11-7-12(3-6-17(11)20-2)8-13-10-19-16-5-4-14(18)9-15(13)16/h3-7,9-10,19H,8H2,1-2H3. The summed E-state index contributed by atoms with van der Waals surface area (Å²) in [5.74, 6) is 0.927. The molecule has 0 unspecified atom stereocenters. The summed E-state index contributed by atoms with van der Waals surface area (Å²) in [7, 11) is 1.70. The van der Waals surface area contributed by atoms with E-state index >= 15 is 0 Å². The van der Waals surface area contributed by atoms with E-state index in [0.717, 1.165) is 28.3 Å². The first kappa shape index (κ1) is 13.1. The molecule has 1 N–H and O–H groups in total. The highest BCUT2D eigenvalue weighted by Gasteiger charge is 2.07. The Morgan fingerprint density at radius 2 is 2.00 bits per heavy atom. The zero-order valence-electron chi connectivity index (χ0n) is 11.5. The van der Waals surface area contributed by atoms with Gasteiger partial charge in [-0.3, -0.25) is 0 Å². The normalized spacial score (nSPS) is 10.9. The molecule has 0 saturated heterocycles. The number of nitrogens with one attached hydrogen (secondary N) is 1. The molecule has 0 atom stereocenters. The Labute approximate surface area is 123 Å². The van der Waals surface area contributed by atoms with E-state index < -0.39 is 0 Å². The van der Waals surface area contributed by atoms with Gasteiger partial charge in [0.25, 0.3) is 0 Å². The van der Waals surface area contributed by atoms with Crippen LogP contribution in [0.5, 0.6) is 5.75 Å². The number of hydrogen-bond acceptors (Lipinski definition) is 1. The quantitative estimate of drug-likeness (QED) is 0.739. The molecule has 0 aliphatic rings. The lowest BCUT2D eigenvalue weighted by atomic mass is 10.0. The second-order valence-electron chi connectivity index (χ2n) is 4.98. The van der Waals surface area contributed by atoms with Crippen LogP contribution in [0.15, 0.2) is 42.6 Å². The lowest BCUT2D eigenvalue weighted by Crippen LogP contribution is -1.91. The molecule has 0 bridgehead atoms. The van der Waals surface area contributed by atoms with Gasteiger partial charge >= 0.3 is 0 Å². The molecule has 0 radical (unpaired) electrons. The van der Waals surface area contributed by atoms with E-state index in [1.807, 2.05) is 24.3 Å². The number of rotatable bonds is 3. The van der Waals surface area contributed by atoms with E-state index in [4.69, 9.17) is 16.3 Å². The first-order valence-electron chi connectivity index (χ1n) is 6.56. The number of aromatic amines is 1. The molecule has 0 fully saturated rings. The average molecular weight is 286 g/mol. The molecule has 0 saturated carbocycles. The minimum atomic E-state index is 0.768. The van der Waals surface area contributed by atoms with Crippen LogP contribution in [0.25, 0.3) is 10.9 Å². The molecule has 20 heavy (non-hydrogen) atoms. The monoisotopic (exact) mass is 285 g/mol. The highest BCUT2D eigenvalue weighted by atomic mass is 35.5. The maximum Gasteiger partial charge on any atom is 0.121 e. The zero-order valence-corrected chi connectivity index (χ0v) is 12.3. The van der Waals surface area contributed by atoms with Gasteiger partial charge in [-0.25, -0.2) is 0 Å². The van der Waals surface area contributed by atoms with Crippen molar-refractivity contribution in [3.8, 4) is 5.75 Å². The third-order valence-electron chi connectivity index (χ3n) is 3.58. The van der Waals surface area contributed by atoms with Crippen molar-refractivity contribution in [2.75, 3.05) is 7.11 Å². The van der Waals surface area contributed by atoms with Crippen molar-refractivity contribution in [2.45, 2.75) is 13.3 Å². The number of benzene rings is 2. The molecule has 0 amide bonds. The fourth-order valence-corrected chi connectivity index (χ4v) is 2.74. The van der Waals surface area contributed by atoms with Crippen molar-refractivity contribution in [2.24, 2.45) is 0 Å². The van der Waals surface area contributed by atoms with E-state index in [2.05, 4.69) is 30.2 Å². The van der Waals surface area contributed by atoms with Crippen LogP contribution in [-0.2, 0) is 6.42 Å². The summed E-state index contributed by atoms with van der Waals surface area (Å²) >= 11 is 6.08. The number of ether oxygens (including phenoxy) is 1. The van der Waals surface area contributed by atoms with Crippen LogP contribution in [-0.4, -0.2) is 12.1 Å². The largest absolute Gasteiger partial charge is 0.496 e. The fourth-order valence-electron chi connectivity index (χ4n) is 2.57. The summed E-state index contributed by atoms with van der Waals surface area (Å²) in [5, 5.41) is 1.95. The van der Waals surface area contributed by atoms with E-state index in [1.165, 1.54) is 16.5 Å². The molecule has 2 nitrogen and oxygen atoms in total. The molecule has 102 valence electrons. The van der Waals surface area contributed by atoms with Crippen molar-refractivity contribution in [1.82, 2.24) is 4.98 Å². The van der Waals surface area contributed by atoms with Crippen molar-refractivity contribution in [1.29, 1.82) is 0 Å². The summed E-state index contributed by atoms with van der Waals surface area (Å²) in [6.07, 6.45) is 2.94. The molecule has 3 rings (SSSR count). The van der Waals surface area contributed by atoms with Crippen LogP contribution < -0.4 is 4.74 Å². The highest BCUT2D eigenvalue weighted by Crippen LogP contribution is 2.26. The van der Waals surface area contributed by atoms with Gasteiger partial charge in [-0.2, -0.15) is 0 Å². The summed E-state index contributed by atoms with van der Waals surface area (Å²) in [6, 6.07) is 12.2. The molecule has 1 aromatic heterocycles. The topological polar surface area (TPSA) is 25.0 Å². The average Bonchev–Trinajstić information content (AvgIpc) is 2.82. The first-order valence-corrected chi connectivity index (χ1v) is 6.94. The SMILES string of the molecule is COc1ccc(Cc2c[nH]c3ccc(Cl)cc23)cc1C. The molecule has 3 heteroatoms. The van der Waals surface area contributed by atoms with Gasteiger partial charge in [-0.15, -0.1) is 0 Å². The molecular weight excluding hydrogens is 270 g/mol. The third-order valence-corrected chi connectivity index (χ3v) is 3.82. The Morgan fingerprint density at radius 3 is 2.75 bits per heavy atom. The van der Waals surface area contributed by atoms with Crippen LogP contribution in [0.4, 0.5) is 0 Å². The minimum absolute atomic E-state index is 0.768. The van der Waals surface area contributed by atoms with Crippen LogP contribution in [0, 0.1) is 6.92 Å². The Morgan fingerprint density at radius 1 is 1.15 bits per heavy atom. The summed E-state index contributed by atoms with van der Waals surface area (Å²) < 4.78 is 5.30. The lowest BCUT2D eigenvalue weighted by molar-refractivity contribution is 0.411. The number of methoxy groups -OCH3 is 1. The van der Waals surface area contributed by atoms with Gasteiger partial charge in [-0.1, -0.05) is 23.7 Å². The number of hydrogen-bond donors (Lipinski definition) is 1. The Bertz CT molecular complexity index is 761. The molecule has 1 heterocycles. The van der Waals surface area contributed by atoms with E-state index in [0.29, 0.717) is 0 Å². The van der Waals surface area contributed by atoms with E-state index in [9.17, 15) is 0 Å². The van der Waals surface area contributed by atoms with Gasteiger partial charge in [-0.05, 0) is 54.3 Å². The van der Waals surface area contributed by atoms with E-state index in [-0.39, 0.29) is 0 Å². The molecule has 3 aromatic rings. The third kappa shape index (κ3) is 2.39. The van der Waals surface area contributed by atoms with Gasteiger partial charge in [0.2, 0.25) is 0 Å². The van der Waals surface area contributed by atoms with Crippen molar-refractivity contribution in [3.63, 3.8) is 0 Å². The van der Waals surface area contributed by atoms with Gasteiger partial charge in [0.15, 0.2) is 0 Å². The number of H-pyrrole nitrogens is 1. The predicted molar refractivity (Wildman–Crippen MR) is 83.8 cm³/mol. The fraction of sp³-hybridized carbons (Fsp3) is 0.176. The maximum absolute atomic E-state index is 6.08. The first-order chi connectivity index (χ1) is 9.67. The molecular formula is C17H16ClNO. The Balaban J connectivity index is 1.97. The zero-order chi connectivity index (χ0) is 14.1. The second-order valence-corrected chi connectivity index (χ2v) is 5.42. The summed E-state index contributed by atoms with van der Waals surface area (Å²) in [4.78, 5) is 3.29. The number of aromatic nitrogens is 1. The van der Waals surface area contributed by atoms with Crippen LogP contribution in [0.1, 0.15) is 16.7 Å². The summed E-state index contributed by atoms with van der Waals surface area (Å²) in [6.45, 7) is 2.06. The number of fused-ring (bicyclic) bond motifs is 1. The number of aryl methyl sites for hydroxylation is 1. The molecule has 0 spiro atoms.